The van der Waals surface area contributed by atoms with Crippen LogP contribution in [0.25, 0.3) is 0 Å². The van der Waals surface area contributed by atoms with Gasteiger partial charge in [0, 0.05) is 17.7 Å². The van der Waals surface area contributed by atoms with E-state index in [9.17, 15) is 9.90 Å². The van der Waals surface area contributed by atoms with E-state index >= 15 is 0 Å². The first-order valence-corrected chi connectivity index (χ1v) is 10.5. The highest BCUT2D eigenvalue weighted by molar-refractivity contribution is 6.42. The molecule has 0 bridgehead atoms. The van der Waals surface area contributed by atoms with Gasteiger partial charge in [-0.1, -0.05) is 59.0 Å². The molecule has 0 atom stereocenters. The molecule has 1 aliphatic carbocycles. The fraction of sp³-hybridized carbons (Fsp3) is 0.364. The molecule has 30 heavy (non-hydrogen) atoms. The number of oxime groups is 1. The number of benzene rings is 2. The summed E-state index contributed by atoms with van der Waals surface area (Å²) in [6, 6.07) is 10.2. The van der Waals surface area contributed by atoms with E-state index in [2.05, 4.69) is 9.99 Å². The Labute approximate surface area is 185 Å². The Balaban J connectivity index is 1.75. The van der Waals surface area contributed by atoms with E-state index in [4.69, 9.17) is 32.7 Å². The van der Waals surface area contributed by atoms with Crippen LogP contribution in [0.15, 0.2) is 41.6 Å². The molecular weight excluding hydrogens is 429 g/mol. The van der Waals surface area contributed by atoms with Crippen LogP contribution in [0.4, 0.5) is 0 Å². The molecule has 0 saturated heterocycles. The summed E-state index contributed by atoms with van der Waals surface area (Å²) in [6.45, 7) is 0.0989. The van der Waals surface area contributed by atoms with Gasteiger partial charge in [0.15, 0.2) is 11.5 Å². The standard InChI is InChI=1S/C22H23Cl2NO5/c1-28-25-20(22(26)27)17-10-6-5-7-14(17)13-29-16-11-18(23)21(19(24)12-16)30-15-8-3-2-4-9-15/h5-7,10-12,15H,2-4,8-9,13H2,1H3,(H,26,27). The first kappa shape index (κ1) is 22.2. The van der Waals surface area contributed by atoms with E-state index in [0.717, 1.165) is 25.7 Å². The van der Waals surface area contributed by atoms with Crippen LogP contribution in [0.2, 0.25) is 10.0 Å². The van der Waals surface area contributed by atoms with Crippen molar-refractivity contribution in [3.63, 3.8) is 0 Å². The van der Waals surface area contributed by atoms with Crippen LogP contribution in [-0.4, -0.2) is 30.0 Å². The second-order valence-corrected chi connectivity index (χ2v) is 7.78. The van der Waals surface area contributed by atoms with Gasteiger partial charge in [-0.3, -0.25) is 0 Å². The summed E-state index contributed by atoms with van der Waals surface area (Å²) in [5.41, 5.74) is 0.829. The van der Waals surface area contributed by atoms with E-state index in [0.29, 0.717) is 32.7 Å². The van der Waals surface area contributed by atoms with Gasteiger partial charge >= 0.3 is 5.97 Å². The minimum atomic E-state index is -1.19. The van der Waals surface area contributed by atoms with Gasteiger partial charge in [-0.15, -0.1) is 0 Å². The normalized spacial score (nSPS) is 15.0. The molecule has 6 nitrogen and oxygen atoms in total. The highest BCUT2D eigenvalue weighted by Gasteiger charge is 2.20. The predicted molar refractivity (Wildman–Crippen MR) is 116 cm³/mol. The first-order chi connectivity index (χ1) is 14.5. The molecule has 2 aromatic rings. The van der Waals surface area contributed by atoms with Gasteiger partial charge in [0.2, 0.25) is 0 Å². The van der Waals surface area contributed by atoms with Crippen molar-refractivity contribution in [1.29, 1.82) is 0 Å². The minimum Gasteiger partial charge on any atom is -0.489 e. The maximum absolute atomic E-state index is 11.5. The van der Waals surface area contributed by atoms with E-state index in [1.54, 1.807) is 36.4 Å². The topological polar surface area (TPSA) is 77.4 Å². The molecule has 1 fully saturated rings. The predicted octanol–water partition coefficient (Wildman–Crippen LogP) is 5.72. The molecule has 1 saturated carbocycles. The number of hydrogen-bond acceptors (Lipinski definition) is 5. The Hall–Kier alpha value is -2.44. The lowest BCUT2D eigenvalue weighted by Gasteiger charge is -2.24. The van der Waals surface area contributed by atoms with Gasteiger partial charge in [-0.25, -0.2) is 4.79 Å². The molecule has 0 aliphatic heterocycles. The van der Waals surface area contributed by atoms with Crippen molar-refractivity contribution in [2.75, 3.05) is 7.11 Å². The summed E-state index contributed by atoms with van der Waals surface area (Å²) in [4.78, 5) is 16.2. The van der Waals surface area contributed by atoms with Crippen molar-refractivity contribution >= 4 is 34.9 Å². The molecule has 3 rings (SSSR count). The van der Waals surface area contributed by atoms with E-state index in [1.807, 2.05) is 0 Å². The third kappa shape index (κ3) is 5.58. The number of ether oxygens (including phenoxy) is 2. The zero-order chi connectivity index (χ0) is 21.5. The van der Waals surface area contributed by atoms with Crippen molar-refractivity contribution in [1.82, 2.24) is 0 Å². The number of carboxylic acids is 1. The van der Waals surface area contributed by atoms with E-state index < -0.39 is 5.97 Å². The van der Waals surface area contributed by atoms with Gasteiger partial charge in [0.05, 0.1) is 16.1 Å². The second-order valence-electron chi connectivity index (χ2n) is 6.97. The average molecular weight is 452 g/mol. The summed E-state index contributed by atoms with van der Waals surface area (Å²) in [5, 5.41) is 13.8. The van der Waals surface area contributed by atoms with Crippen molar-refractivity contribution in [3.05, 3.63) is 57.6 Å². The Morgan fingerprint density at radius 2 is 1.80 bits per heavy atom. The molecule has 1 aliphatic rings. The van der Waals surface area contributed by atoms with Crippen molar-refractivity contribution in [2.24, 2.45) is 5.16 Å². The molecule has 0 unspecified atom stereocenters. The molecule has 0 radical (unpaired) electrons. The number of nitrogens with zero attached hydrogens (tertiary/aromatic N) is 1. The van der Waals surface area contributed by atoms with E-state index in [1.165, 1.54) is 13.5 Å². The van der Waals surface area contributed by atoms with Crippen molar-refractivity contribution in [3.8, 4) is 11.5 Å². The zero-order valence-corrected chi connectivity index (χ0v) is 18.1. The lowest BCUT2D eigenvalue weighted by atomic mass is 9.98. The molecule has 0 heterocycles. The number of halogens is 2. The summed E-state index contributed by atoms with van der Waals surface area (Å²) in [7, 11) is 1.29. The third-order valence-electron chi connectivity index (χ3n) is 4.86. The summed E-state index contributed by atoms with van der Waals surface area (Å²) in [5.74, 6) is -0.269. The third-order valence-corrected chi connectivity index (χ3v) is 5.42. The second kappa shape index (κ2) is 10.5. The van der Waals surface area contributed by atoms with Crippen LogP contribution in [0.5, 0.6) is 11.5 Å². The monoisotopic (exact) mass is 451 g/mol. The quantitative estimate of drug-likeness (QED) is 0.410. The maximum atomic E-state index is 11.5. The molecule has 1 N–H and O–H groups in total. The van der Waals surface area contributed by atoms with Crippen LogP contribution >= 0.6 is 23.2 Å². The summed E-state index contributed by atoms with van der Waals surface area (Å²) < 4.78 is 11.9. The smallest absolute Gasteiger partial charge is 0.358 e. The highest BCUT2D eigenvalue weighted by atomic mass is 35.5. The minimum absolute atomic E-state index is 0.0989. The van der Waals surface area contributed by atoms with Crippen molar-refractivity contribution < 1.29 is 24.2 Å². The number of hydrogen-bond donors (Lipinski definition) is 1. The van der Waals surface area contributed by atoms with Crippen LogP contribution in [0.1, 0.15) is 43.2 Å². The number of aliphatic carboxylic acids is 1. The van der Waals surface area contributed by atoms with E-state index in [-0.39, 0.29) is 18.4 Å². The molecule has 0 spiro atoms. The number of carbonyl (C=O) groups is 1. The lowest BCUT2D eigenvalue weighted by molar-refractivity contribution is -0.129. The van der Waals surface area contributed by atoms with Gasteiger partial charge in [-0.2, -0.15) is 0 Å². The van der Waals surface area contributed by atoms with Gasteiger partial charge < -0.3 is 19.4 Å². The van der Waals surface area contributed by atoms with Crippen molar-refractivity contribution in [2.45, 2.75) is 44.8 Å². The molecular formula is C22H23Cl2NO5. The SMILES string of the molecule is CON=C(C(=O)O)c1ccccc1COc1cc(Cl)c(OC2CCCCC2)c(Cl)c1. The summed E-state index contributed by atoms with van der Waals surface area (Å²) in [6.07, 6.45) is 5.64. The fourth-order valence-corrected chi connectivity index (χ4v) is 3.97. The van der Waals surface area contributed by atoms with Crippen LogP contribution in [0, 0.1) is 0 Å². The first-order valence-electron chi connectivity index (χ1n) is 9.70. The molecule has 0 amide bonds. The lowest BCUT2D eigenvalue weighted by Crippen LogP contribution is -2.20. The summed E-state index contributed by atoms with van der Waals surface area (Å²) >= 11 is 12.8. The van der Waals surface area contributed by atoms with Gasteiger partial charge in [0.1, 0.15) is 19.5 Å². The average Bonchev–Trinajstić information content (AvgIpc) is 2.74. The Morgan fingerprint density at radius 3 is 2.43 bits per heavy atom. The Morgan fingerprint density at radius 1 is 1.13 bits per heavy atom. The van der Waals surface area contributed by atoms with Gasteiger partial charge in [-0.05, 0) is 31.2 Å². The van der Waals surface area contributed by atoms with Crippen LogP contribution in [0.3, 0.4) is 0 Å². The molecule has 0 aromatic heterocycles. The number of carboxylic acid groups (broad SMARTS) is 1. The Bertz CT molecular complexity index is 902. The molecule has 2 aromatic carbocycles. The maximum Gasteiger partial charge on any atom is 0.358 e. The molecule has 8 heteroatoms. The Kier molecular flexibility index (Phi) is 7.82. The molecule has 160 valence electrons. The highest BCUT2D eigenvalue weighted by Crippen LogP contribution is 2.39. The zero-order valence-electron chi connectivity index (χ0n) is 16.6. The van der Waals surface area contributed by atoms with Gasteiger partial charge in [0.25, 0.3) is 0 Å². The van der Waals surface area contributed by atoms with Crippen LogP contribution < -0.4 is 9.47 Å². The number of rotatable bonds is 8. The fourth-order valence-electron chi connectivity index (χ4n) is 3.42. The van der Waals surface area contributed by atoms with Crippen LogP contribution in [-0.2, 0) is 16.2 Å². The largest absolute Gasteiger partial charge is 0.489 e.